The van der Waals surface area contributed by atoms with E-state index in [0.717, 1.165) is 0 Å². The number of hydrogen-bond acceptors (Lipinski definition) is 6. The van der Waals surface area contributed by atoms with Crippen molar-refractivity contribution < 1.29 is 14.4 Å². The highest BCUT2D eigenvalue weighted by molar-refractivity contribution is 4.92. The molecular formula is C7H13N3O3. The van der Waals surface area contributed by atoms with Crippen LogP contribution in [-0.4, -0.2) is 35.6 Å². The first-order chi connectivity index (χ1) is 6.27. The number of aromatic nitrogens is 2. The van der Waals surface area contributed by atoms with Crippen LogP contribution in [0.15, 0.2) is 4.52 Å². The van der Waals surface area contributed by atoms with Crippen molar-refractivity contribution in [1.82, 2.24) is 10.1 Å². The molecule has 0 amide bonds. The van der Waals surface area contributed by atoms with Gasteiger partial charge < -0.3 is 20.1 Å². The van der Waals surface area contributed by atoms with Crippen LogP contribution in [0.3, 0.4) is 0 Å². The molecule has 1 rings (SSSR count). The van der Waals surface area contributed by atoms with E-state index in [0.29, 0.717) is 24.7 Å². The molecule has 0 saturated carbocycles. The molecule has 0 aliphatic carbocycles. The van der Waals surface area contributed by atoms with E-state index in [1.165, 1.54) is 0 Å². The largest absolute Gasteiger partial charge is 0.394 e. The van der Waals surface area contributed by atoms with Gasteiger partial charge in [-0.05, 0) is 0 Å². The summed E-state index contributed by atoms with van der Waals surface area (Å²) in [6.45, 7) is 0.333. The number of methoxy groups -OCH3 is 1. The second kappa shape index (κ2) is 4.90. The zero-order chi connectivity index (χ0) is 9.68. The first-order valence-corrected chi connectivity index (χ1v) is 3.95. The van der Waals surface area contributed by atoms with Crippen LogP contribution in [0.1, 0.15) is 17.8 Å². The van der Waals surface area contributed by atoms with Crippen LogP contribution < -0.4 is 5.73 Å². The molecule has 0 aliphatic rings. The van der Waals surface area contributed by atoms with E-state index in [9.17, 15) is 0 Å². The van der Waals surface area contributed by atoms with Crippen LogP contribution in [0.25, 0.3) is 0 Å². The third-order valence-corrected chi connectivity index (χ3v) is 1.53. The molecule has 74 valence electrons. The predicted octanol–water partition coefficient (Wildman–Crippen LogP) is -0.749. The van der Waals surface area contributed by atoms with Gasteiger partial charge >= 0.3 is 0 Å². The summed E-state index contributed by atoms with van der Waals surface area (Å²) >= 11 is 0. The summed E-state index contributed by atoms with van der Waals surface area (Å²) in [5.74, 6) is 0.800. The van der Waals surface area contributed by atoms with Gasteiger partial charge in [0.1, 0.15) is 0 Å². The van der Waals surface area contributed by atoms with Gasteiger partial charge in [-0.25, -0.2) is 0 Å². The molecule has 0 radical (unpaired) electrons. The van der Waals surface area contributed by atoms with Crippen molar-refractivity contribution in [2.45, 2.75) is 12.5 Å². The number of nitrogens with zero attached hydrogens (tertiary/aromatic N) is 2. The molecule has 3 N–H and O–H groups in total. The number of hydrogen-bond donors (Lipinski definition) is 2. The van der Waals surface area contributed by atoms with Crippen molar-refractivity contribution in [1.29, 1.82) is 0 Å². The average molecular weight is 187 g/mol. The molecule has 13 heavy (non-hydrogen) atoms. The Kier molecular flexibility index (Phi) is 3.81. The SMILES string of the molecule is COCCc1nc(C(N)CO)no1. The van der Waals surface area contributed by atoms with Gasteiger partial charge in [0.05, 0.1) is 25.7 Å². The minimum absolute atomic E-state index is 0.191. The van der Waals surface area contributed by atoms with Gasteiger partial charge in [0.2, 0.25) is 5.89 Å². The number of rotatable bonds is 5. The van der Waals surface area contributed by atoms with Crippen LogP contribution in [0.5, 0.6) is 0 Å². The second-order valence-electron chi connectivity index (χ2n) is 2.58. The summed E-state index contributed by atoms with van der Waals surface area (Å²) in [5.41, 5.74) is 5.47. The maximum Gasteiger partial charge on any atom is 0.229 e. The Labute approximate surface area is 75.7 Å². The van der Waals surface area contributed by atoms with Gasteiger partial charge in [-0.15, -0.1) is 0 Å². The van der Waals surface area contributed by atoms with Crippen molar-refractivity contribution in [3.8, 4) is 0 Å². The van der Waals surface area contributed by atoms with Gasteiger partial charge in [0, 0.05) is 7.11 Å². The quantitative estimate of drug-likeness (QED) is 0.629. The first-order valence-electron chi connectivity index (χ1n) is 3.95. The van der Waals surface area contributed by atoms with Crippen molar-refractivity contribution >= 4 is 0 Å². The van der Waals surface area contributed by atoms with E-state index in [1.807, 2.05) is 0 Å². The molecule has 1 aromatic rings. The summed E-state index contributed by atoms with van der Waals surface area (Å²) in [6.07, 6.45) is 0.557. The fourth-order valence-corrected chi connectivity index (χ4v) is 0.791. The summed E-state index contributed by atoms with van der Waals surface area (Å²) in [6, 6.07) is -0.569. The van der Waals surface area contributed by atoms with Crippen LogP contribution in [0.2, 0.25) is 0 Å². The Morgan fingerprint density at radius 3 is 3.08 bits per heavy atom. The zero-order valence-corrected chi connectivity index (χ0v) is 7.43. The summed E-state index contributed by atoms with van der Waals surface area (Å²) in [7, 11) is 1.59. The minimum Gasteiger partial charge on any atom is -0.394 e. The highest BCUT2D eigenvalue weighted by atomic mass is 16.5. The molecule has 6 heteroatoms. The molecule has 1 atom stereocenters. The van der Waals surface area contributed by atoms with Gasteiger partial charge in [-0.1, -0.05) is 5.16 Å². The lowest BCUT2D eigenvalue weighted by Gasteiger charge is -1.98. The number of nitrogens with two attached hydrogens (primary N) is 1. The lowest BCUT2D eigenvalue weighted by Crippen LogP contribution is -2.16. The zero-order valence-electron chi connectivity index (χ0n) is 7.43. The summed E-state index contributed by atoms with van der Waals surface area (Å²) < 4.78 is 9.69. The molecular weight excluding hydrogens is 174 g/mol. The highest BCUT2D eigenvalue weighted by Gasteiger charge is 2.12. The predicted molar refractivity (Wildman–Crippen MR) is 43.9 cm³/mol. The molecule has 0 aromatic carbocycles. The number of aliphatic hydroxyl groups is 1. The third kappa shape index (κ3) is 2.76. The van der Waals surface area contributed by atoms with E-state index in [-0.39, 0.29) is 6.61 Å². The fraction of sp³-hybridized carbons (Fsp3) is 0.714. The molecule has 0 aliphatic heterocycles. The van der Waals surface area contributed by atoms with E-state index in [4.69, 9.17) is 20.1 Å². The molecule has 1 heterocycles. The highest BCUT2D eigenvalue weighted by Crippen LogP contribution is 2.05. The number of ether oxygens (including phenoxy) is 1. The van der Waals surface area contributed by atoms with Crippen LogP contribution in [0, 0.1) is 0 Å². The van der Waals surface area contributed by atoms with E-state index in [1.54, 1.807) is 7.11 Å². The topological polar surface area (TPSA) is 94.4 Å². The minimum atomic E-state index is -0.569. The Morgan fingerprint density at radius 1 is 1.69 bits per heavy atom. The molecule has 0 fully saturated rings. The monoisotopic (exact) mass is 187 g/mol. The standard InChI is InChI=1S/C7H13N3O3/c1-12-3-2-6-9-7(10-13-6)5(8)4-11/h5,11H,2-4,8H2,1H3. The van der Waals surface area contributed by atoms with E-state index < -0.39 is 6.04 Å². The van der Waals surface area contributed by atoms with Crippen LogP contribution in [-0.2, 0) is 11.2 Å². The summed E-state index contributed by atoms with van der Waals surface area (Å²) in [5, 5.41) is 12.3. The van der Waals surface area contributed by atoms with Crippen molar-refractivity contribution in [3.05, 3.63) is 11.7 Å². The molecule has 1 aromatic heterocycles. The average Bonchev–Trinajstić information content (AvgIpc) is 2.62. The van der Waals surface area contributed by atoms with Gasteiger partial charge in [0.25, 0.3) is 0 Å². The normalized spacial score (nSPS) is 13.2. The van der Waals surface area contributed by atoms with Crippen molar-refractivity contribution in [3.63, 3.8) is 0 Å². The molecule has 0 bridgehead atoms. The number of aliphatic hydroxyl groups excluding tert-OH is 1. The molecule has 0 spiro atoms. The maximum absolute atomic E-state index is 8.70. The fourth-order valence-electron chi connectivity index (χ4n) is 0.791. The summed E-state index contributed by atoms with van der Waals surface area (Å²) in [4.78, 5) is 3.98. The Hall–Kier alpha value is -0.980. The maximum atomic E-state index is 8.70. The van der Waals surface area contributed by atoms with Crippen LogP contribution >= 0.6 is 0 Å². The third-order valence-electron chi connectivity index (χ3n) is 1.53. The Balaban J connectivity index is 2.53. The lowest BCUT2D eigenvalue weighted by molar-refractivity contribution is 0.192. The van der Waals surface area contributed by atoms with Crippen molar-refractivity contribution in [2.75, 3.05) is 20.3 Å². The van der Waals surface area contributed by atoms with Crippen molar-refractivity contribution in [2.24, 2.45) is 5.73 Å². The Morgan fingerprint density at radius 2 is 2.46 bits per heavy atom. The first kappa shape index (κ1) is 10.1. The van der Waals surface area contributed by atoms with Gasteiger partial charge in [0.15, 0.2) is 5.82 Å². The van der Waals surface area contributed by atoms with Crippen LogP contribution in [0.4, 0.5) is 0 Å². The molecule has 0 saturated heterocycles. The Bertz CT molecular complexity index is 251. The van der Waals surface area contributed by atoms with Gasteiger partial charge in [-0.3, -0.25) is 0 Å². The van der Waals surface area contributed by atoms with E-state index >= 15 is 0 Å². The van der Waals surface area contributed by atoms with Gasteiger partial charge in [-0.2, -0.15) is 4.98 Å². The van der Waals surface area contributed by atoms with E-state index in [2.05, 4.69) is 10.1 Å². The molecule has 1 unspecified atom stereocenters. The molecule has 6 nitrogen and oxygen atoms in total. The lowest BCUT2D eigenvalue weighted by atomic mass is 10.3. The second-order valence-corrected chi connectivity index (χ2v) is 2.58. The smallest absolute Gasteiger partial charge is 0.229 e.